The summed E-state index contributed by atoms with van der Waals surface area (Å²) in [6.07, 6.45) is 1.71. The standard InChI is InChI=1S/C15H22N2O4S/c1-22(19,20)13-12-16-8-5-9-17(11-10-16)15(18)21-14-6-3-2-4-7-14/h2-4,6-7H,5,8-13H2,1H3. The van der Waals surface area contributed by atoms with E-state index in [-0.39, 0.29) is 11.8 Å². The highest BCUT2D eigenvalue weighted by Gasteiger charge is 2.21. The first-order valence-electron chi connectivity index (χ1n) is 7.36. The van der Waals surface area contributed by atoms with E-state index in [2.05, 4.69) is 4.90 Å². The van der Waals surface area contributed by atoms with Gasteiger partial charge in [0.2, 0.25) is 0 Å². The third-order valence-corrected chi connectivity index (χ3v) is 4.50. The van der Waals surface area contributed by atoms with Crippen LogP contribution in [0.5, 0.6) is 5.75 Å². The number of carbonyl (C=O) groups is 1. The minimum atomic E-state index is -2.95. The molecule has 0 unspecified atom stereocenters. The van der Waals surface area contributed by atoms with Gasteiger partial charge in [-0.3, -0.25) is 0 Å². The number of carbonyl (C=O) groups excluding carboxylic acids is 1. The number of para-hydroxylation sites is 1. The summed E-state index contributed by atoms with van der Waals surface area (Å²) in [5, 5.41) is 0. The molecule has 1 aliphatic rings. The van der Waals surface area contributed by atoms with Crippen molar-refractivity contribution >= 4 is 15.9 Å². The molecule has 7 heteroatoms. The molecule has 0 saturated carbocycles. The van der Waals surface area contributed by atoms with Gasteiger partial charge in [0.15, 0.2) is 0 Å². The lowest BCUT2D eigenvalue weighted by molar-refractivity contribution is 0.153. The zero-order valence-electron chi connectivity index (χ0n) is 12.8. The molecule has 22 heavy (non-hydrogen) atoms. The molecule has 1 aliphatic heterocycles. The van der Waals surface area contributed by atoms with Crippen molar-refractivity contribution in [3.8, 4) is 5.75 Å². The second-order valence-corrected chi connectivity index (χ2v) is 7.75. The molecule has 0 N–H and O–H groups in total. The van der Waals surface area contributed by atoms with E-state index in [1.807, 2.05) is 18.2 Å². The Bertz CT molecular complexity index is 589. The number of ether oxygens (including phenoxy) is 1. The molecule has 0 bridgehead atoms. The van der Waals surface area contributed by atoms with Gasteiger partial charge in [-0.2, -0.15) is 0 Å². The molecular formula is C15H22N2O4S. The van der Waals surface area contributed by atoms with Crippen LogP contribution < -0.4 is 4.74 Å². The fourth-order valence-electron chi connectivity index (χ4n) is 2.33. The van der Waals surface area contributed by atoms with Crippen LogP contribution in [-0.2, 0) is 9.84 Å². The highest BCUT2D eigenvalue weighted by Crippen LogP contribution is 2.12. The van der Waals surface area contributed by atoms with Crippen molar-refractivity contribution in [2.75, 3.05) is 44.7 Å². The van der Waals surface area contributed by atoms with E-state index in [0.717, 1.165) is 13.0 Å². The van der Waals surface area contributed by atoms with E-state index in [1.165, 1.54) is 6.26 Å². The molecule has 0 radical (unpaired) electrons. The second-order valence-electron chi connectivity index (χ2n) is 5.49. The summed E-state index contributed by atoms with van der Waals surface area (Å²) < 4.78 is 27.8. The van der Waals surface area contributed by atoms with Gasteiger partial charge in [0.1, 0.15) is 15.6 Å². The Balaban J connectivity index is 1.83. The first kappa shape index (κ1) is 16.8. The van der Waals surface area contributed by atoms with E-state index in [0.29, 0.717) is 31.9 Å². The maximum atomic E-state index is 12.1. The number of nitrogens with zero attached hydrogens (tertiary/aromatic N) is 2. The topological polar surface area (TPSA) is 66.9 Å². The number of rotatable bonds is 4. The van der Waals surface area contributed by atoms with Gasteiger partial charge in [0, 0.05) is 32.4 Å². The Kier molecular flexibility index (Phi) is 5.79. The van der Waals surface area contributed by atoms with Gasteiger partial charge < -0.3 is 14.5 Å². The molecular weight excluding hydrogens is 304 g/mol. The quantitative estimate of drug-likeness (QED) is 0.833. The van der Waals surface area contributed by atoms with Crippen molar-refractivity contribution in [1.82, 2.24) is 9.80 Å². The Hall–Kier alpha value is -1.60. The second kappa shape index (κ2) is 7.60. The first-order valence-corrected chi connectivity index (χ1v) is 9.42. The largest absolute Gasteiger partial charge is 0.415 e. The number of hydrogen-bond donors (Lipinski definition) is 0. The predicted octanol–water partition coefficient (Wildman–Crippen LogP) is 1.24. The van der Waals surface area contributed by atoms with Crippen molar-refractivity contribution in [3.05, 3.63) is 30.3 Å². The number of hydrogen-bond acceptors (Lipinski definition) is 5. The smallest absolute Gasteiger partial charge is 0.410 e. The van der Waals surface area contributed by atoms with Crippen molar-refractivity contribution in [2.24, 2.45) is 0 Å². The molecule has 1 amide bonds. The first-order chi connectivity index (χ1) is 10.4. The zero-order chi connectivity index (χ0) is 16.0. The Morgan fingerprint density at radius 3 is 2.55 bits per heavy atom. The Labute approximate surface area is 131 Å². The lowest BCUT2D eigenvalue weighted by atomic mass is 10.3. The van der Waals surface area contributed by atoms with Gasteiger partial charge in [-0.15, -0.1) is 0 Å². The normalized spacial score (nSPS) is 17.0. The van der Waals surface area contributed by atoms with Crippen molar-refractivity contribution < 1.29 is 17.9 Å². The monoisotopic (exact) mass is 326 g/mol. The van der Waals surface area contributed by atoms with Gasteiger partial charge in [-0.25, -0.2) is 13.2 Å². The molecule has 2 rings (SSSR count). The van der Waals surface area contributed by atoms with Gasteiger partial charge in [0.05, 0.1) is 5.75 Å². The van der Waals surface area contributed by atoms with Gasteiger partial charge in [-0.05, 0) is 25.1 Å². The molecule has 0 aliphatic carbocycles. The third-order valence-electron chi connectivity index (χ3n) is 3.57. The predicted molar refractivity (Wildman–Crippen MR) is 84.8 cm³/mol. The summed E-state index contributed by atoms with van der Waals surface area (Å²) in [5.41, 5.74) is 0. The number of benzene rings is 1. The lowest BCUT2D eigenvalue weighted by Gasteiger charge is -2.21. The molecule has 1 fully saturated rings. The summed E-state index contributed by atoms with van der Waals surface area (Å²) in [5.74, 6) is 0.687. The van der Waals surface area contributed by atoms with E-state index < -0.39 is 9.84 Å². The zero-order valence-corrected chi connectivity index (χ0v) is 13.6. The maximum absolute atomic E-state index is 12.1. The minimum absolute atomic E-state index is 0.154. The molecule has 122 valence electrons. The number of sulfone groups is 1. The Morgan fingerprint density at radius 2 is 1.86 bits per heavy atom. The summed E-state index contributed by atoms with van der Waals surface area (Å²) in [4.78, 5) is 15.9. The van der Waals surface area contributed by atoms with E-state index in [9.17, 15) is 13.2 Å². The highest BCUT2D eigenvalue weighted by atomic mass is 32.2. The van der Waals surface area contributed by atoms with Crippen LogP contribution in [0.25, 0.3) is 0 Å². The van der Waals surface area contributed by atoms with Crippen molar-refractivity contribution in [1.29, 1.82) is 0 Å². The van der Waals surface area contributed by atoms with Crippen LogP contribution >= 0.6 is 0 Å². The van der Waals surface area contributed by atoms with Crippen LogP contribution in [0.4, 0.5) is 4.79 Å². The van der Waals surface area contributed by atoms with Crippen LogP contribution in [0.15, 0.2) is 30.3 Å². The highest BCUT2D eigenvalue weighted by molar-refractivity contribution is 7.90. The Morgan fingerprint density at radius 1 is 1.14 bits per heavy atom. The number of amides is 1. The average molecular weight is 326 g/mol. The van der Waals surface area contributed by atoms with Crippen LogP contribution in [0, 0.1) is 0 Å². The summed E-state index contributed by atoms with van der Waals surface area (Å²) in [6.45, 7) is 3.15. The molecule has 1 saturated heterocycles. The van der Waals surface area contributed by atoms with Gasteiger partial charge in [-0.1, -0.05) is 18.2 Å². The molecule has 0 aromatic heterocycles. The summed E-state index contributed by atoms with van der Waals surface area (Å²) >= 11 is 0. The van der Waals surface area contributed by atoms with Crippen LogP contribution in [-0.4, -0.2) is 69.0 Å². The van der Waals surface area contributed by atoms with Crippen molar-refractivity contribution in [2.45, 2.75) is 6.42 Å². The minimum Gasteiger partial charge on any atom is -0.410 e. The summed E-state index contributed by atoms with van der Waals surface area (Å²) in [7, 11) is -2.95. The van der Waals surface area contributed by atoms with Crippen LogP contribution in [0.1, 0.15) is 6.42 Å². The SMILES string of the molecule is CS(=O)(=O)CCN1CCCN(C(=O)Oc2ccccc2)CC1. The van der Waals surface area contributed by atoms with Crippen LogP contribution in [0.3, 0.4) is 0 Å². The van der Waals surface area contributed by atoms with Crippen molar-refractivity contribution in [3.63, 3.8) is 0 Å². The fourth-order valence-corrected chi connectivity index (χ4v) is 2.92. The van der Waals surface area contributed by atoms with Gasteiger partial charge in [0.25, 0.3) is 0 Å². The summed E-state index contributed by atoms with van der Waals surface area (Å²) in [6, 6.07) is 8.99. The lowest BCUT2D eigenvalue weighted by Crippen LogP contribution is -2.37. The molecule has 0 spiro atoms. The van der Waals surface area contributed by atoms with Gasteiger partial charge >= 0.3 is 6.09 Å². The van der Waals surface area contributed by atoms with E-state index >= 15 is 0 Å². The molecule has 1 aromatic rings. The molecule has 1 heterocycles. The van der Waals surface area contributed by atoms with Crippen LogP contribution in [0.2, 0.25) is 0 Å². The maximum Gasteiger partial charge on any atom is 0.415 e. The third kappa shape index (κ3) is 5.65. The van der Waals surface area contributed by atoms with E-state index in [1.54, 1.807) is 17.0 Å². The molecule has 6 nitrogen and oxygen atoms in total. The fraction of sp³-hybridized carbons (Fsp3) is 0.533. The molecule has 1 aromatic carbocycles. The van der Waals surface area contributed by atoms with E-state index in [4.69, 9.17) is 4.74 Å². The molecule has 0 atom stereocenters. The average Bonchev–Trinajstić information content (AvgIpc) is 2.71.